The van der Waals surface area contributed by atoms with E-state index in [1.54, 1.807) is 6.07 Å². The summed E-state index contributed by atoms with van der Waals surface area (Å²) in [6.07, 6.45) is 1.93. The second kappa shape index (κ2) is 8.24. The van der Waals surface area contributed by atoms with Crippen LogP contribution in [-0.4, -0.2) is 54.5 Å². The minimum Gasteiger partial charge on any atom is -0.381 e. The fourth-order valence-electron chi connectivity index (χ4n) is 3.01. The van der Waals surface area contributed by atoms with Gasteiger partial charge in [0.05, 0.1) is 6.54 Å². The van der Waals surface area contributed by atoms with E-state index in [0.29, 0.717) is 12.2 Å². The number of likely N-dealkylation sites (tertiary alicyclic amines) is 1. The number of hydrogen-bond acceptors (Lipinski definition) is 3. The monoisotopic (exact) mass is 325 g/mol. The fourth-order valence-corrected chi connectivity index (χ4v) is 3.01. The number of anilines is 1. The average molecular weight is 325 g/mol. The molecule has 2 rings (SSSR count). The highest BCUT2D eigenvalue weighted by Gasteiger charge is 2.23. The first-order valence-corrected chi connectivity index (χ1v) is 8.25. The number of likely N-dealkylation sites (N-methyl/N-ethyl adjacent to an activating group) is 1. The summed E-state index contributed by atoms with van der Waals surface area (Å²) in [4.78, 5) is 16.1. The highest BCUT2D eigenvalue weighted by atomic mass is 19.2. The van der Waals surface area contributed by atoms with Gasteiger partial charge < -0.3 is 10.2 Å². The van der Waals surface area contributed by atoms with E-state index < -0.39 is 11.6 Å². The molecule has 1 aromatic carbocycles. The average Bonchev–Trinajstić information content (AvgIpc) is 2.52. The Morgan fingerprint density at radius 3 is 2.70 bits per heavy atom. The molecule has 1 saturated heterocycles. The third kappa shape index (κ3) is 4.89. The number of benzene rings is 1. The minimum absolute atomic E-state index is 0.137. The zero-order valence-corrected chi connectivity index (χ0v) is 13.8. The van der Waals surface area contributed by atoms with Crippen molar-refractivity contribution in [2.24, 2.45) is 0 Å². The number of carbonyl (C=O) groups is 1. The zero-order valence-electron chi connectivity index (χ0n) is 13.8. The zero-order chi connectivity index (χ0) is 16.8. The van der Waals surface area contributed by atoms with Gasteiger partial charge in [-0.1, -0.05) is 0 Å². The minimum atomic E-state index is -0.848. The molecule has 128 valence electrons. The first-order valence-electron chi connectivity index (χ1n) is 8.25. The predicted molar refractivity (Wildman–Crippen MR) is 87.4 cm³/mol. The highest BCUT2D eigenvalue weighted by molar-refractivity contribution is 5.78. The molecule has 0 aromatic heterocycles. The molecule has 0 aliphatic carbocycles. The fraction of sp³-hybridized carbons (Fsp3) is 0.588. The molecule has 0 radical (unpaired) electrons. The summed E-state index contributed by atoms with van der Waals surface area (Å²) >= 11 is 0. The maximum Gasteiger partial charge on any atom is 0.236 e. The van der Waals surface area contributed by atoms with Gasteiger partial charge in [-0.25, -0.2) is 8.78 Å². The Kier molecular flexibility index (Phi) is 6.33. The Morgan fingerprint density at radius 1 is 1.30 bits per heavy atom. The molecule has 23 heavy (non-hydrogen) atoms. The SMILES string of the molecule is CCN(CC)C(=O)CN1CCC[C@H](Nc2ccc(F)c(F)c2)C1. The molecule has 0 unspecified atom stereocenters. The Bertz CT molecular complexity index is 535. The van der Waals surface area contributed by atoms with E-state index >= 15 is 0 Å². The van der Waals surface area contributed by atoms with Crippen LogP contribution in [0.15, 0.2) is 18.2 Å². The summed E-state index contributed by atoms with van der Waals surface area (Å²) in [6, 6.07) is 3.98. The van der Waals surface area contributed by atoms with Crippen molar-refractivity contribution in [1.82, 2.24) is 9.80 Å². The van der Waals surface area contributed by atoms with Crippen LogP contribution in [0.5, 0.6) is 0 Å². The maximum atomic E-state index is 13.3. The van der Waals surface area contributed by atoms with Crippen molar-refractivity contribution in [2.45, 2.75) is 32.7 Å². The molecule has 1 amide bonds. The number of rotatable bonds is 6. The van der Waals surface area contributed by atoms with E-state index in [1.807, 2.05) is 18.7 Å². The Balaban J connectivity index is 1.90. The molecule has 1 N–H and O–H groups in total. The van der Waals surface area contributed by atoms with E-state index in [-0.39, 0.29) is 11.9 Å². The molecular formula is C17H25F2N3O. The molecule has 1 aliphatic heterocycles. The van der Waals surface area contributed by atoms with Crippen LogP contribution >= 0.6 is 0 Å². The van der Waals surface area contributed by atoms with Crippen molar-refractivity contribution in [3.8, 4) is 0 Å². The van der Waals surface area contributed by atoms with E-state index in [1.165, 1.54) is 6.07 Å². The third-order valence-corrected chi connectivity index (χ3v) is 4.27. The van der Waals surface area contributed by atoms with Crippen LogP contribution < -0.4 is 5.32 Å². The summed E-state index contributed by atoms with van der Waals surface area (Å²) in [5.41, 5.74) is 0.575. The lowest BCUT2D eigenvalue weighted by atomic mass is 10.1. The normalized spacial score (nSPS) is 18.7. The highest BCUT2D eigenvalue weighted by Crippen LogP contribution is 2.18. The van der Waals surface area contributed by atoms with E-state index in [4.69, 9.17) is 0 Å². The van der Waals surface area contributed by atoms with Crippen LogP contribution in [0.2, 0.25) is 0 Å². The molecule has 0 saturated carbocycles. The first-order chi connectivity index (χ1) is 11.0. The van der Waals surface area contributed by atoms with Crippen molar-refractivity contribution < 1.29 is 13.6 Å². The van der Waals surface area contributed by atoms with Gasteiger partial charge >= 0.3 is 0 Å². The summed E-state index contributed by atoms with van der Waals surface area (Å²) in [5.74, 6) is -1.55. The second-order valence-electron chi connectivity index (χ2n) is 5.91. The molecular weight excluding hydrogens is 300 g/mol. The summed E-state index contributed by atoms with van der Waals surface area (Å²) in [6.45, 7) is 7.43. The number of nitrogens with one attached hydrogen (secondary N) is 1. The Morgan fingerprint density at radius 2 is 2.04 bits per heavy atom. The lowest BCUT2D eigenvalue weighted by Crippen LogP contribution is -2.47. The van der Waals surface area contributed by atoms with Crippen molar-refractivity contribution >= 4 is 11.6 Å². The summed E-state index contributed by atoms with van der Waals surface area (Å²) < 4.78 is 26.2. The van der Waals surface area contributed by atoms with Gasteiger partial charge in [0.15, 0.2) is 11.6 Å². The third-order valence-electron chi connectivity index (χ3n) is 4.27. The largest absolute Gasteiger partial charge is 0.381 e. The van der Waals surface area contributed by atoms with Crippen LogP contribution in [0.4, 0.5) is 14.5 Å². The predicted octanol–water partition coefficient (Wildman–Crippen LogP) is 2.71. The molecule has 1 atom stereocenters. The van der Waals surface area contributed by atoms with Crippen LogP contribution in [0.1, 0.15) is 26.7 Å². The molecule has 4 nitrogen and oxygen atoms in total. The lowest BCUT2D eigenvalue weighted by Gasteiger charge is -2.34. The van der Waals surface area contributed by atoms with Gasteiger partial charge in [0, 0.05) is 37.4 Å². The van der Waals surface area contributed by atoms with Crippen LogP contribution in [0.3, 0.4) is 0 Å². The topological polar surface area (TPSA) is 35.6 Å². The number of halogens is 2. The molecule has 1 fully saturated rings. The second-order valence-corrected chi connectivity index (χ2v) is 5.91. The van der Waals surface area contributed by atoms with Gasteiger partial charge in [-0.2, -0.15) is 0 Å². The van der Waals surface area contributed by atoms with Gasteiger partial charge in [-0.15, -0.1) is 0 Å². The van der Waals surface area contributed by atoms with Gasteiger partial charge in [-0.3, -0.25) is 9.69 Å². The first kappa shape index (κ1) is 17.7. The molecule has 6 heteroatoms. The molecule has 1 heterocycles. The standard InChI is InChI=1S/C17H25F2N3O/c1-3-22(4-2)17(23)12-21-9-5-6-14(11-21)20-13-7-8-15(18)16(19)10-13/h7-8,10,14,20H,3-6,9,11-12H2,1-2H3/t14-/m0/s1. The number of amides is 1. The Labute approximate surface area is 136 Å². The number of hydrogen-bond donors (Lipinski definition) is 1. The van der Waals surface area contributed by atoms with Crippen molar-refractivity contribution in [3.63, 3.8) is 0 Å². The molecule has 0 bridgehead atoms. The van der Waals surface area contributed by atoms with Gasteiger partial charge in [0.1, 0.15) is 0 Å². The van der Waals surface area contributed by atoms with Gasteiger partial charge in [-0.05, 0) is 45.4 Å². The van der Waals surface area contributed by atoms with E-state index in [0.717, 1.165) is 45.1 Å². The van der Waals surface area contributed by atoms with Crippen LogP contribution in [-0.2, 0) is 4.79 Å². The number of nitrogens with zero attached hydrogens (tertiary/aromatic N) is 2. The van der Waals surface area contributed by atoms with Crippen molar-refractivity contribution in [3.05, 3.63) is 29.8 Å². The Hall–Kier alpha value is -1.69. The maximum absolute atomic E-state index is 13.3. The summed E-state index contributed by atoms with van der Waals surface area (Å²) in [5, 5.41) is 3.24. The smallest absolute Gasteiger partial charge is 0.236 e. The van der Waals surface area contributed by atoms with Gasteiger partial charge in [0.2, 0.25) is 5.91 Å². The van der Waals surface area contributed by atoms with E-state index in [2.05, 4.69) is 10.2 Å². The quantitative estimate of drug-likeness (QED) is 0.873. The number of piperidine rings is 1. The molecule has 0 spiro atoms. The van der Waals surface area contributed by atoms with Crippen molar-refractivity contribution in [1.29, 1.82) is 0 Å². The van der Waals surface area contributed by atoms with Gasteiger partial charge in [0.25, 0.3) is 0 Å². The van der Waals surface area contributed by atoms with Crippen molar-refractivity contribution in [2.75, 3.05) is 38.0 Å². The summed E-state index contributed by atoms with van der Waals surface area (Å²) in [7, 11) is 0. The van der Waals surface area contributed by atoms with E-state index in [9.17, 15) is 13.6 Å². The van der Waals surface area contributed by atoms with Crippen LogP contribution in [0.25, 0.3) is 0 Å². The molecule has 1 aromatic rings. The molecule has 1 aliphatic rings. The lowest BCUT2D eigenvalue weighted by molar-refractivity contribution is -0.132. The number of carbonyl (C=O) groups excluding carboxylic acids is 1. The van der Waals surface area contributed by atoms with Crippen LogP contribution in [0, 0.1) is 11.6 Å².